The maximum absolute atomic E-state index is 14.2. The average molecular weight is 556 g/mol. The van der Waals surface area contributed by atoms with E-state index >= 15 is 0 Å². The van der Waals surface area contributed by atoms with Gasteiger partial charge in [-0.05, 0) is 67.8 Å². The van der Waals surface area contributed by atoms with Crippen LogP contribution in [0, 0.1) is 0 Å². The fourth-order valence-corrected chi connectivity index (χ4v) is 6.19. The van der Waals surface area contributed by atoms with Gasteiger partial charge in [-0.1, -0.05) is 54.6 Å². The molecule has 6 nitrogen and oxygen atoms in total. The van der Waals surface area contributed by atoms with Gasteiger partial charge in [-0.2, -0.15) is 0 Å². The van der Waals surface area contributed by atoms with Crippen LogP contribution in [0.4, 0.5) is 5.69 Å². The smallest absolute Gasteiger partial charge is 0.258 e. The minimum absolute atomic E-state index is 0. The molecule has 0 radical (unpaired) electrons. The molecule has 206 valence electrons. The normalized spacial score (nSPS) is 16.4. The number of ether oxygens (including phenoxy) is 2. The molecule has 40 heavy (non-hydrogen) atoms. The third kappa shape index (κ3) is 4.57. The van der Waals surface area contributed by atoms with Gasteiger partial charge in [-0.15, -0.1) is 12.4 Å². The Bertz CT molecular complexity index is 1610. The fraction of sp³-hybridized carbons (Fsp3) is 0.242. The minimum atomic E-state index is -0.0499. The predicted octanol–water partition coefficient (Wildman–Crippen LogP) is 6.98. The number of nitrogens with two attached hydrogens (primary N) is 1. The summed E-state index contributed by atoms with van der Waals surface area (Å²) in [6, 6.07) is 30.9. The Morgan fingerprint density at radius 1 is 0.850 bits per heavy atom. The average Bonchev–Trinajstić information content (AvgIpc) is 3.33. The standard InChI is InChI=1S/C33H33N3O3.ClH/c1-38-31-18-17-22(20-32(31)39-2)33(37)35-23(10-9-19-34)21-30(26-13-5-8-16-29(26)35)36-27-14-6-3-11-24(27)25-12-4-7-15-28(25)36;/h3-8,11-18,20,23,30H,9-10,19,21,34H2,1-2H3;1H. The molecular formula is C33H34ClN3O3. The lowest BCUT2D eigenvalue weighted by Gasteiger charge is -2.42. The molecule has 0 spiro atoms. The zero-order valence-corrected chi connectivity index (χ0v) is 23.6. The number of hydrogen-bond acceptors (Lipinski definition) is 4. The monoisotopic (exact) mass is 555 g/mol. The number of benzene rings is 4. The summed E-state index contributed by atoms with van der Waals surface area (Å²) in [5, 5.41) is 2.49. The lowest BCUT2D eigenvalue weighted by atomic mass is 9.87. The molecule has 0 saturated carbocycles. The highest BCUT2D eigenvalue weighted by molar-refractivity contribution is 6.09. The van der Waals surface area contributed by atoms with Gasteiger partial charge in [0, 0.05) is 39.1 Å². The number of para-hydroxylation sites is 3. The molecule has 2 N–H and O–H groups in total. The molecule has 1 aromatic heterocycles. The van der Waals surface area contributed by atoms with Crippen molar-refractivity contribution in [2.24, 2.45) is 5.73 Å². The largest absolute Gasteiger partial charge is 0.493 e. The van der Waals surface area contributed by atoms with Gasteiger partial charge in [0.25, 0.3) is 5.91 Å². The van der Waals surface area contributed by atoms with Crippen molar-refractivity contribution >= 4 is 45.8 Å². The van der Waals surface area contributed by atoms with Crippen molar-refractivity contribution in [3.05, 3.63) is 102 Å². The molecule has 1 aliphatic rings. The van der Waals surface area contributed by atoms with Crippen LogP contribution in [0.3, 0.4) is 0 Å². The van der Waals surface area contributed by atoms with Crippen molar-refractivity contribution in [3.63, 3.8) is 0 Å². The summed E-state index contributed by atoms with van der Waals surface area (Å²) < 4.78 is 13.4. The molecule has 6 rings (SSSR count). The molecule has 0 bridgehead atoms. The number of carbonyl (C=O) groups excluding carboxylic acids is 1. The first-order valence-electron chi connectivity index (χ1n) is 13.5. The highest BCUT2D eigenvalue weighted by atomic mass is 35.5. The number of aromatic nitrogens is 1. The third-order valence-electron chi connectivity index (χ3n) is 7.94. The molecule has 1 amide bonds. The Hall–Kier alpha value is -4.00. The first-order chi connectivity index (χ1) is 19.2. The van der Waals surface area contributed by atoms with Crippen LogP contribution in [-0.2, 0) is 0 Å². The number of methoxy groups -OCH3 is 2. The van der Waals surface area contributed by atoms with Crippen LogP contribution in [-0.4, -0.2) is 37.3 Å². The number of rotatable bonds is 7. The second-order valence-corrected chi connectivity index (χ2v) is 10.0. The van der Waals surface area contributed by atoms with E-state index < -0.39 is 0 Å². The number of anilines is 1. The van der Waals surface area contributed by atoms with Crippen LogP contribution in [0.1, 0.15) is 41.2 Å². The van der Waals surface area contributed by atoms with Gasteiger partial charge in [0.1, 0.15) is 0 Å². The molecule has 2 atom stereocenters. The fourth-order valence-electron chi connectivity index (χ4n) is 6.19. The van der Waals surface area contributed by atoms with Crippen molar-refractivity contribution in [2.45, 2.75) is 31.3 Å². The predicted molar refractivity (Wildman–Crippen MR) is 164 cm³/mol. The highest BCUT2D eigenvalue weighted by Gasteiger charge is 2.38. The molecular weight excluding hydrogens is 522 g/mol. The first-order valence-corrected chi connectivity index (χ1v) is 13.5. The minimum Gasteiger partial charge on any atom is -0.493 e. The van der Waals surface area contributed by atoms with E-state index in [4.69, 9.17) is 15.2 Å². The summed E-state index contributed by atoms with van der Waals surface area (Å²) in [4.78, 5) is 16.2. The topological polar surface area (TPSA) is 69.7 Å². The van der Waals surface area contributed by atoms with Crippen molar-refractivity contribution in [1.82, 2.24) is 4.57 Å². The van der Waals surface area contributed by atoms with Crippen LogP contribution < -0.4 is 20.1 Å². The molecule has 5 aromatic rings. The molecule has 0 aliphatic carbocycles. The molecule has 1 aliphatic heterocycles. The van der Waals surface area contributed by atoms with E-state index in [-0.39, 0.29) is 30.4 Å². The maximum atomic E-state index is 14.2. The lowest BCUT2D eigenvalue weighted by molar-refractivity contribution is 0.0968. The number of hydrogen-bond donors (Lipinski definition) is 1. The highest BCUT2D eigenvalue weighted by Crippen LogP contribution is 2.45. The van der Waals surface area contributed by atoms with Gasteiger partial charge in [0.05, 0.1) is 20.3 Å². The number of fused-ring (bicyclic) bond motifs is 4. The first kappa shape index (κ1) is 27.6. The molecule has 2 unspecified atom stereocenters. The van der Waals surface area contributed by atoms with Crippen LogP contribution in [0.2, 0.25) is 0 Å². The van der Waals surface area contributed by atoms with Crippen LogP contribution >= 0.6 is 12.4 Å². The zero-order valence-electron chi connectivity index (χ0n) is 22.7. The lowest BCUT2D eigenvalue weighted by Crippen LogP contribution is -2.46. The van der Waals surface area contributed by atoms with Gasteiger partial charge in [0.15, 0.2) is 11.5 Å². The third-order valence-corrected chi connectivity index (χ3v) is 7.94. The molecule has 2 heterocycles. The van der Waals surface area contributed by atoms with Crippen LogP contribution in [0.25, 0.3) is 21.8 Å². The van der Waals surface area contributed by atoms with E-state index in [1.54, 1.807) is 26.4 Å². The Morgan fingerprint density at radius 2 is 1.48 bits per heavy atom. The Balaban J connectivity index is 0.00000323. The van der Waals surface area contributed by atoms with E-state index in [2.05, 4.69) is 71.3 Å². The van der Waals surface area contributed by atoms with E-state index in [1.165, 1.54) is 21.8 Å². The quantitative estimate of drug-likeness (QED) is 0.235. The van der Waals surface area contributed by atoms with Crippen molar-refractivity contribution in [2.75, 3.05) is 25.7 Å². The van der Waals surface area contributed by atoms with E-state index in [9.17, 15) is 4.79 Å². The molecule has 0 saturated heterocycles. The number of carbonyl (C=O) groups is 1. The van der Waals surface area contributed by atoms with E-state index in [0.29, 0.717) is 23.6 Å². The van der Waals surface area contributed by atoms with Gasteiger partial charge in [0.2, 0.25) is 0 Å². The Labute approximate surface area is 240 Å². The summed E-state index contributed by atoms with van der Waals surface area (Å²) in [6.45, 7) is 0.580. The summed E-state index contributed by atoms with van der Waals surface area (Å²) in [7, 11) is 3.18. The number of halogens is 1. The molecule has 4 aromatic carbocycles. The Kier molecular flexibility index (Phi) is 8.01. The second-order valence-electron chi connectivity index (χ2n) is 10.0. The van der Waals surface area contributed by atoms with Crippen molar-refractivity contribution in [1.29, 1.82) is 0 Å². The summed E-state index contributed by atoms with van der Waals surface area (Å²) in [6.07, 6.45) is 2.44. The summed E-state index contributed by atoms with van der Waals surface area (Å²) in [5.74, 6) is 1.08. The number of amides is 1. The van der Waals surface area contributed by atoms with Crippen molar-refractivity contribution < 1.29 is 14.3 Å². The molecule has 0 fully saturated rings. The van der Waals surface area contributed by atoms with Gasteiger partial charge >= 0.3 is 0 Å². The van der Waals surface area contributed by atoms with Gasteiger partial charge in [-0.25, -0.2) is 0 Å². The zero-order chi connectivity index (χ0) is 26.9. The second kappa shape index (κ2) is 11.6. The maximum Gasteiger partial charge on any atom is 0.258 e. The van der Waals surface area contributed by atoms with Gasteiger partial charge < -0.3 is 24.7 Å². The van der Waals surface area contributed by atoms with Crippen LogP contribution in [0.5, 0.6) is 11.5 Å². The molecule has 7 heteroatoms. The Morgan fingerprint density at radius 3 is 2.12 bits per heavy atom. The van der Waals surface area contributed by atoms with Crippen molar-refractivity contribution in [3.8, 4) is 11.5 Å². The van der Waals surface area contributed by atoms with E-state index in [1.807, 2.05) is 17.0 Å². The number of nitrogens with zero attached hydrogens (tertiary/aromatic N) is 2. The summed E-state index contributed by atoms with van der Waals surface area (Å²) >= 11 is 0. The summed E-state index contributed by atoms with van der Waals surface area (Å²) in [5.41, 5.74) is 11.0. The van der Waals surface area contributed by atoms with Gasteiger partial charge in [-0.3, -0.25) is 4.79 Å². The SMILES string of the molecule is COc1ccc(C(=O)N2c3ccccc3C(n3c4ccccc4c4ccccc43)CC2CCCN)cc1OC.Cl. The van der Waals surface area contributed by atoms with Crippen LogP contribution in [0.15, 0.2) is 91.0 Å². The van der Waals surface area contributed by atoms with E-state index in [0.717, 1.165) is 30.5 Å².